The minimum absolute atomic E-state index is 0.00902. The molecule has 0 saturated carbocycles. The van der Waals surface area contributed by atoms with E-state index in [1.54, 1.807) is 6.07 Å². The van der Waals surface area contributed by atoms with Crippen LogP contribution < -0.4 is 15.8 Å². The smallest absolute Gasteiger partial charge is 0.326 e. The molecule has 1 aromatic heterocycles. The highest BCUT2D eigenvalue weighted by atomic mass is 16.4. The van der Waals surface area contributed by atoms with Gasteiger partial charge in [-0.3, -0.25) is 4.79 Å². The summed E-state index contributed by atoms with van der Waals surface area (Å²) in [5.41, 5.74) is 1.86. The zero-order valence-corrected chi connectivity index (χ0v) is 11.8. The van der Waals surface area contributed by atoms with Crippen molar-refractivity contribution in [3.8, 4) is 0 Å². The van der Waals surface area contributed by atoms with Crippen molar-refractivity contribution in [2.45, 2.75) is 37.3 Å². The van der Waals surface area contributed by atoms with E-state index in [-0.39, 0.29) is 11.6 Å². The fourth-order valence-corrected chi connectivity index (χ4v) is 4.13. The van der Waals surface area contributed by atoms with Gasteiger partial charge in [-0.15, -0.1) is 0 Å². The Bertz CT molecular complexity index is 654. The van der Waals surface area contributed by atoms with Gasteiger partial charge in [0.25, 0.3) is 5.56 Å². The molecular formula is C15H19N3O3. The molecule has 3 aliphatic rings. The molecule has 3 atom stereocenters. The van der Waals surface area contributed by atoms with Gasteiger partial charge in [0.2, 0.25) is 0 Å². The SMILES string of the molecule is O=C(O)[C@@H]1CCCN1c1cc2n(c(=O)c1)C1CNCC2C1. The van der Waals surface area contributed by atoms with Gasteiger partial charge in [-0.05, 0) is 25.3 Å². The Kier molecular flexibility index (Phi) is 2.82. The zero-order valence-electron chi connectivity index (χ0n) is 11.8. The minimum atomic E-state index is -0.798. The molecule has 6 nitrogen and oxygen atoms in total. The number of nitrogens with zero attached hydrogens (tertiary/aromatic N) is 2. The predicted molar refractivity (Wildman–Crippen MR) is 78.0 cm³/mol. The summed E-state index contributed by atoms with van der Waals surface area (Å²) < 4.78 is 1.90. The van der Waals surface area contributed by atoms with Crippen molar-refractivity contribution < 1.29 is 9.90 Å². The van der Waals surface area contributed by atoms with Crippen LogP contribution in [-0.2, 0) is 4.79 Å². The van der Waals surface area contributed by atoms with Gasteiger partial charge in [0, 0.05) is 43.0 Å². The number of nitrogens with one attached hydrogen (secondary N) is 1. The highest BCUT2D eigenvalue weighted by Crippen LogP contribution is 2.38. The Balaban J connectivity index is 1.77. The number of pyridine rings is 1. The third-order valence-corrected chi connectivity index (χ3v) is 5.06. The maximum atomic E-state index is 12.5. The first-order valence-electron chi connectivity index (χ1n) is 7.62. The molecule has 4 heterocycles. The topological polar surface area (TPSA) is 74.6 Å². The lowest BCUT2D eigenvalue weighted by molar-refractivity contribution is -0.138. The molecule has 1 aromatic rings. The Hall–Kier alpha value is -1.82. The standard InChI is InChI=1S/C15H19N3O3/c19-14-6-10(17-3-1-2-12(17)15(20)21)5-13-9-4-11(18(13)14)8-16-7-9/h5-6,9,11-12,16H,1-4,7-8H2,(H,20,21)/t9?,11?,12-/m0/s1. The average Bonchev–Trinajstić information content (AvgIpc) is 3.04. The fourth-order valence-electron chi connectivity index (χ4n) is 4.13. The largest absolute Gasteiger partial charge is 0.480 e. The van der Waals surface area contributed by atoms with Gasteiger partial charge in [-0.2, -0.15) is 0 Å². The van der Waals surface area contributed by atoms with Gasteiger partial charge in [-0.1, -0.05) is 0 Å². The number of piperidine rings is 1. The Morgan fingerprint density at radius 3 is 3.00 bits per heavy atom. The molecule has 0 radical (unpaired) electrons. The Morgan fingerprint density at radius 2 is 2.19 bits per heavy atom. The van der Waals surface area contributed by atoms with Crippen molar-refractivity contribution in [1.29, 1.82) is 0 Å². The van der Waals surface area contributed by atoms with Gasteiger partial charge in [-0.25, -0.2) is 4.79 Å². The number of carboxylic acids is 1. The number of carbonyl (C=O) groups is 1. The lowest BCUT2D eigenvalue weighted by Crippen LogP contribution is -2.37. The van der Waals surface area contributed by atoms with Gasteiger partial charge in [0.1, 0.15) is 6.04 Å². The third-order valence-electron chi connectivity index (χ3n) is 5.06. The van der Waals surface area contributed by atoms with Gasteiger partial charge in [0.05, 0.1) is 6.04 Å². The number of carboxylic acid groups (broad SMARTS) is 1. The molecule has 0 amide bonds. The van der Waals surface area contributed by atoms with Crippen molar-refractivity contribution in [2.75, 3.05) is 24.5 Å². The first-order chi connectivity index (χ1) is 10.1. The van der Waals surface area contributed by atoms with E-state index >= 15 is 0 Å². The summed E-state index contributed by atoms with van der Waals surface area (Å²) in [6.45, 7) is 2.47. The molecule has 2 saturated heterocycles. The molecule has 0 spiro atoms. The van der Waals surface area contributed by atoms with E-state index < -0.39 is 12.0 Å². The maximum Gasteiger partial charge on any atom is 0.326 e. The van der Waals surface area contributed by atoms with Crippen molar-refractivity contribution in [3.05, 3.63) is 28.2 Å². The first-order valence-corrected chi connectivity index (χ1v) is 7.62. The molecule has 2 unspecified atom stereocenters. The third kappa shape index (κ3) is 1.89. The van der Waals surface area contributed by atoms with E-state index in [9.17, 15) is 14.7 Å². The van der Waals surface area contributed by atoms with Crippen molar-refractivity contribution in [1.82, 2.24) is 9.88 Å². The Labute approximate surface area is 122 Å². The Morgan fingerprint density at radius 1 is 1.33 bits per heavy atom. The van der Waals surface area contributed by atoms with E-state index in [4.69, 9.17) is 0 Å². The van der Waals surface area contributed by atoms with Crippen molar-refractivity contribution in [3.63, 3.8) is 0 Å². The van der Waals surface area contributed by atoms with Crippen molar-refractivity contribution >= 4 is 11.7 Å². The highest BCUT2D eigenvalue weighted by molar-refractivity contribution is 5.79. The molecule has 2 fully saturated rings. The van der Waals surface area contributed by atoms with Crippen LogP contribution in [0.25, 0.3) is 0 Å². The summed E-state index contributed by atoms with van der Waals surface area (Å²) in [5.74, 6) is -0.421. The van der Waals surface area contributed by atoms with E-state index in [0.29, 0.717) is 18.9 Å². The number of fused-ring (bicyclic) bond motifs is 5. The van der Waals surface area contributed by atoms with Gasteiger partial charge in [0.15, 0.2) is 0 Å². The van der Waals surface area contributed by atoms with Crippen LogP contribution in [0, 0.1) is 0 Å². The molecule has 21 heavy (non-hydrogen) atoms. The summed E-state index contributed by atoms with van der Waals surface area (Å²) in [6.07, 6.45) is 2.54. The quantitative estimate of drug-likeness (QED) is 0.831. The van der Waals surface area contributed by atoms with Gasteiger partial charge < -0.3 is 19.9 Å². The van der Waals surface area contributed by atoms with Crippen LogP contribution in [0.2, 0.25) is 0 Å². The zero-order chi connectivity index (χ0) is 14.6. The van der Waals surface area contributed by atoms with E-state index in [2.05, 4.69) is 5.32 Å². The molecule has 2 bridgehead atoms. The van der Waals surface area contributed by atoms with Crippen LogP contribution in [-0.4, -0.2) is 41.3 Å². The summed E-state index contributed by atoms with van der Waals surface area (Å²) in [7, 11) is 0. The van der Waals surface area contributed by atoms with Crippen LogP contribution in [0.1, 0.15) is 36.9 Å². The molecule has 2 N–H and O–H groups in total. The van der Waals surface area contributed by atoms with Crippen LogP contribution in [0.4, 0.5) is 5.69 Å². The second-order valence-corrected chi connectivity index (χ2v) is 6.28. The summed E-state index contributed by atoms with van der Waals surface area (Å²) in [4.78, 5) is 25.7. The molecule has 0 aromatic carbocycles. The monoisotopic (exact) mass is 289 g/mol. The van der Waals surface area contributed by atoms with Crippen LogP contribution in [0.15, 0.2) is 16.9 Å². The average molecular weight is 289 g/mol. The summed E-state index contributed by atoms with van der Waals surface area (Å²) >= 11 is 0. The predicted octanol–water partition coefficient (Wildman–Crippen LogP) is 0.533. The summed E-state index contributed by atoms with van der Waals surface area (Å²) in [5, 5.41) is 12.7. The summed E-state index contributed by atoms with van der Waals surface area (Å²) in [6, 6.07) is 3.42. The fraction of sp³-hybridized carbons (Fsp3) is 0.600. The van der Waals surface area contributed by atoms with Crippen LogP contribution >= 0.6 is 0 Å². The lowest BCUT2D eigenvalue weighted by atomic mass is 9.98. The number of hydrogen-bond donors (Lipinski definition) is 2. The van der Waals surface area contributed by atoms with E-state index in [1.165, 1.54) is 0 Å². The molecule has 3 aliphatic heterocycles. The molecule has 0 aliphatic carbocycles. The highest BCUT2D eigenvalue weighted by Gasteiger charge is 2.37. The second-order valence-electron chi connectivity index (χ2n) is 6.28. The molecule has 112 valence electrons. The molecular weight excluding hydrogens is 270 g/mol. The molecule has 6 heteroatoms. The van der Waals surface area contributed by atoms with Crippen LogP contribution in [0.3, 0.4) is 0 Å². The first kappa shape index (κ1) is 12.9. The number of aromatic nitrogens is 1. The number of anilines is 1. The van der Waals surface area contributed by atoms with Crippen molar-refractivity contribution in [2.24, 2.45) is 0 Å². The van der Waals surface area contributed by atoms with Gasteiger partial charge >= 0.3 is 5.97 Å². The minimum Gasteiger partial charge on any atom is -0.480 e. The number of rotatable bonds is 2. The second kappa shape index (κ2) is 4.59. The van der Waals surface area contributed by atoms with E-state index in [1.807, 2.05) is 15.5 Å². The number of hydrogen-bond acceptors (Lipinski definition) is 4. The normalized spacial score (nSPS) is 30.5. The lowest BCUT2D eigenvalue weighted by Gasteiger charge is -2.24. The molecule has 4 rings (SSSR count). The maximum absolute atomic E-state index is 12.5. The number of aliphatic carboxylic acids is 1. The van der Waals surface area contributed by atoms with E-state index in [0.717, 1.165) is 37.3 Å². The van der Waals surface area contributed by atoms with Crippen LogP contribution in [0.5, 0.6) is 0 Å².